The summed E-state index contributed by atoms with van der Waals surface area (Å²) in [5.41, 5.74) is 1.58. The van der Waals surface area contributed by atoms with E-state index < -0.39 is 10.3 Å². The molecule has 2 N–H and O–H groups in total. The number of benzene rings is 1. The van der Waals surface area contributed by atoms with Gasteiger partial charge in [-0.05, 0) is 44.9 Å². The van der Waals surface area contributed by atoms with E-state index in [0.717, 1.165) is 24.9 Å². The number of nitro benzene ring substituents is 1. The van der Waals surface area contributed by atoms with Gasteiger partial charge in [-0.3, -0.25) is 14.9 Å². The minimum absolute atomic E-state index is 0.0333. The van der Waals surface area contributed by atoms with Crippen LogP contribution in [0.2, 0.25) is 0 Å². The maximum Gasteiger partial charge on any atom is 0.274 e. The Morgan fingerprint density at radius 1 is 1.43 bits per heavy atom. The van der Waals surface area contributed by atoms with Crippen LogP contribution in [0.3, 0.4) is 0 Å². The molecule has 1 saturated heterocycles. The van der Waals surface area contributed by atoms with Gasteiger partial charge in [0.25, 0.3) is 5.69 Å². The topological polar surface area (TPSA) is 84.3 Å². The molecule has 0 spiro atoms. The van der Waals surface area contributed by atoms with E-state index in [1.807, 2.05) is 13.8 Å². The van der Waals surface area contributed by atoms with Crippen molar-refractivity contribution in [1.29, 1.82) is 0 Å². The average molecular weight is 291 g/mol. The van der Waals surface area contributed by atoms with Crippen molar-refractivity contribution >= 4 is 17.3 Å². The number of anilines is 1. The first-order chi connectivity index (χ1) is 9.89. The molecule has 0 radical (unpaired) electrons. The van der Waals surface area contributed by atoms with Crippen LogP contribution in [0.25, 0.3) is 0 Å². The zero-order valence-electron chi connectivity index (χ0n) is 12.7. The molecule has 2 rings (SSSR count). The lowest BCUT2D eigenvalue weighted by molar-refractivity contribution is -0.385. The molecular weight excluding hydrogens is 270 g/mol. The third-order valence-corrected chi connectivity index (χ3v) is 4.39. The SMILES string of the molecule is CCC1(C(=O)Nc2cc([N+](=O)[O-])c(C)cc2C)CCNC1. The Bertz CT molecular complexity index is 578. The van der Waals surface area contributed by atoms with Crippen LogP contribution in [-0.4, -0.2) is 23.9 Å². The predicted molar refractivity (Wildman–Crippen MR) is 81.4 cm³/mol. The lowest BCUT2D eigenvalue weighted by atomic mass is 9.83. The van der Waals surface area contributed by atoms with E-state index in [2.05, 4.69) is 10.6 Å². The van der Waals surface area contributed by atoms with Crippen LogP contribution in [-0.2, 0) is 4.79 Å². The van der Waals surface area contributed by atoms with Gasteiger partial charge >= 0.3 is 0 Å². The van der Waals surface area contributed by atoms with Gasteiger partial charge < -0.3 is 10.6 Å². The van der Waals surface area contributed by atoms with E-state index >= 15 is 0 Å². The number of nitrogens with one attached hydrogen (secondary N) is 2. The molecular formula is C15H21N3O3. The lowest BCUT2D eigenvalue weighted by Crippen LogP contribution is -2.37. The predicted octanol–water partition coefficient (Wildman–Crippen LogP) is 2.54. The smallest absolute Gasteiger partial charge is 0.274 e. The molecule has 1 aromatic rings. The Morgan fingerprint density at radius 3 is 2.67 bits per heavy atom. The molecule has 1 aliphatic rings. The zero-order chi connectivity index (χ0) is 15.6. The highest BCUT2D eigenvalue weighted by Crippen LogP contribution is 2.33. The molecule has 1 atom stereocenters. The molecule has 21 heavy (non-hydrogen) atoms. The van der Waals surface area contributed by atoms with Crippen molar-refractivity contribution in [2.75, 3.05) is 18.4 Å². The molecule has 0 aliphatic carbocycles. The third-order valence-electron chi connectivity index (χ3n) is 4.39. The summed E-state index contributed by atoms with van der Waals surface area (Å²) in [6.07, 6.45) is 1.54. The van der Waals surface area contributed by atoms with Crippen molar-refractivity contribution in [3.63, 3.8) is 0 Å². The normalized spacial score (nSPS) is 21.3. The third kappa shape index (κ3) is 2.90. The van der Waals surface area contributed by atoms with Gasteiger partial charge in [0.15, 0.2) is 0 Å². The standard InChI is InChI=1S/C15H21N3O3/c1-4-15(5-6-16-9-15)14(19)17-12-8-13(18(20)21)11(3)7-10(12)2/h7-8,16H,4-6,9H2,1-3H3,(H,17,19). The van der Waals surface area contributed by atoms with Gasteiger partial charge in [-0.1, -0.05) is 6.92 Å². The van der Waals surface area contributed by atoms with Crippen LogP contribution in [0.5, 0.6) is 0 Å². The second kappa shape index (κ2) is 5.81. The fourth-order valence-electron chi connectivity index (χ4n) is 2.83. The highest BCUT2D eigenvalue weighted by Gasteiger charge is 2.39. The summed E-state index contributed by atoms with van der Waals surface area (Å²) in [5.74, 6) is -0.0590. The van der Waals surface area contributed by atoms with E-state index in [1.165, 1.54) is 6.07 Å². The van der Waals surface area contributed by atoms with E-state index in [4.69, 9.17) is 0 Å². The zero-order valence-corrected chi connectivity index (χ0v) is 12.7. The lowest BCUT2D eigenvalue weighted by Gasteiger charge is -2.25. The molecule has 1 unspecified atom stereocenters. The molecule has 6 heteroatoms. The van der Waals surface area contributed by atoms with Gasteiger partial charge in [0, 0.05) is 18.2 Å². The Morgan fingerprint density at radius 2 is 2.14 bits per heavy atom. The summed E-state index contributed by atoms with van der Waals surface area (Å²) in [6, 6.07) is 3.19. The van der Waals surface area contributed by atoms with Gasteiger partial charge in [0.05, 0.1) is 16.0 Å². The van der Waals surface area contributed by atoms with Gasteiger partial charge in [-0.15, -0.1) is 0 Å². The minimum atomic E-state index is -0.420. The fraction of sp³-hybridized carbons (Fsp3) is 0.533. The van der Waals surface area contributed by atoms with Crippen molar-refractivity contribution in [3.8, 4) is 0 Å². The highest BCUT2D eigenvalue weighted by molar-refractivity contribution is 5.96. The number of hydrogen-bond acceptors (Lipinski definition) is 4. The van der Waals surface area contributed by atoms with Gasteiger partial charge in [0.1, 0.15) is 0 Å². The summed E-state index contributed by atoms with van der Waals surface area (Å²) < 4.78 is 0. The Labute approximate surface area is 124 Å². The maximum atomic E-state index is 12.6. The maximum absolute atomic E-state index is 12.6. The van der Waals surface area contributed by atoms with Gasteiger partial charge in [0.2, 0.25) is 5.91 Å². The Balaban J connectivity index is 2.29. The number of carbonyl (C=O) groups excluding carboxylic acids is 1. The number of rotatable bonds is 4. The number of hydrogen-bond donors (Lipinski definition) is 2. The molecule has 1 amide bonds. The second-order valence-corrected chi connectivity index (χ2v) is 5.73. The number of nitro groups is 1. The monoisotopic (exact) mass is 291 g/mol. The minimum Gasteiger partial charge on any atom is -0.325 e. The van der Waals surface area contributed by atoms with Crippen molar-refractivity contribution in [2.45, 2.75) is 33.6 Å². The largest absolute Gasteiger partial charge is 0.325 e. The van der Waals surface area contributed by atoms with E-state index in [-0.39, 0.29) is 11.6 Å². The summed E-state index contributed by atoms with van der Waals surface area (Å²) in [5, 5.41) is 17.1. The van der Waals surface area contributed by atoms with Crippen LogP contribution in [0, 0.1) is 29.4 Å². The summed E-state index contributed by atoms with van der Waals surface area (Å²) in [6.45, 7) is 7.02. The van der Waals surface area contributed by atoms with Gasteiger partial charge in [-0.2, -0.15) is 0 Å². The first-order valence-corrected chi connectivity index (χ1v) is 7.17. The first kappa shape index (κ1) is 15.4. The summed E-state index contributed by atoms with van der Waals surface area (Å²) in [7, 11) is 0. The fourth-order valence-corrected chi connectivity index (χ4v) is 2.83. The van der Waals surface area contributed by atoms with Crippen LogP contribution in [0.1, 0.15) is 30.9 Å². The van der Waals surface area contributed by atoms with E-state index in [0.29, 0.717) is 17.8 Å². The first-order valence-electron chi connectivity index (χ1n) is 7.17. The summed E-state index contributed by atoms with van der Waals surface area (Å²) in [4.78, 5) is 23.2. The van der Waals surface area contributed by atoms with Crippen molar-refractivity contribution < 1.29 is 9.72 Å². The molecule has 1 heterocycles. The number of carbonyl (C=O) groups is 1. The highest BCUT2D eigenvalue weighted by atomic mass is 16.6. The number of nitrogens with zero attached hydrogens (tertiary/aromatic N) is 1. The van der Waals surface area contributed by atoms with Crippen molar-refractivity contribution in [2.24, 2.45) is 5.41 Å². The number of amides is 1. The number of aryl methyl sites for hydroxylation is 2. The molecule has 0 bridgehead atoms. The molecule has 0 saturated carbocycles. The molecule has 0 aromatic heterocycles. The van der Waals surface area contributed by atoms with E-state index in [1.54, 1.807) is 13.0 Å². The quantitative estimate of drug-likeness (QED) is 0.659. The summed E-state index contributed by atoms with van der Waals surface area (Å²) >= 11 is 0. The van der Waals surface area contributed by atoms with Crippen LogP contribution >= 0.6 is 0 Å². The van der Waals surface area contributed by atoms with Gasteiger partial charge in [-0.25, -0.2) is 0 Å². The average Bonchev–Trinajstić information content (AvgIpc) is 2.91. The second-order valence-electron chi connectivity index (χ2n) is 5.73. The van der Waals surface area contributed by atoms with Crippen molar-refractivity contribution in [3.05, 3.63) is 33.4 Å². The molecule has 1 fully saturated rings. The van der Waals surface area contributed by atoms with Crippen LogP contribution < -0.4 is 10.6 Å². The molecule has 1 aliphatic heterocycles. The molecule has 6 nitrogen and oxygen atoms in total. The van der Waals surface area contributed by atoms with Crippen molar-refractivity contribution in [1.82, 2.24) is 5.32 Å². The molecule has 114 valence electrons. The van der Waals surface area contributed by atoms with E-state index in [9.17, 15) is 14.9 Å². The van der Waals surface area contributed by atoms with Crippen LogP contribution in [0.4, 0.5) is 11.4 Å². The van der Waals surface area contributed by atoms with Crippen LogP contribution in [0.15, 0.2) is 12.1 Å². The molecule has 1 aromatic carbocycles. The Hall–Kier alpha value is -1.95. The Kier molecular flexibility index (Phi) is 4.27.